The first-order valence-electron chi connectivity index (χ1n) is 7.80. The van der Waals surface area contributed by atoms with Gasteiger partial charge in [-0.05, 0) is 32.2 Å². The van der Waals surface area contributed by atoms with Gasteiger partial charge < -0.3 is 10.2 Å². The number of nitrogens with one attached hydrogen (secondary N) is 1. The maximum atomic E-state index is 12.2. The van der Waals surface area contributed by atoms with Gasteiger partial charge in [0.2, 0.25) is 0 Å². The fourth-order valence-corrected chi connectivity index (χ4v) is 2.72. The molecule has 1 N–H and O–H groups in total. The summed E-state index contributed by atoms with van der Waals surface area (Å²) in [5.74, 6) is 0. The van der Waals surface area contributed by atoms with E-state index in [4.69, 9.17) is 0 Å². The highest BCUT2D eigenvalue weighted by atomic mass is 16.1. The van der Waals surface area contributed by atoms with Crippen molar-refractivity contribution in [3.63, 3.8) is 0 Å². The van der Waals surface area contributed by atoms with Gasteiger partial charge in [-0.1, -0.05) is 13.8 Å². The zero-order valence-electron chi connectivity index (χ0n) is 12.6. The third-order valence-electron chi connectivity index (χ3n) is 3.96. The van der Waals surface area contributed by atoms with Crippen LogP contribution < -0.4 is 15.8 Å². The second-order valence-corrected chi connectivity index (χ2v) is 5.44. The van der Waals surface area contributed by atoms with Crippen LogP contribution in [0.4, 0.5) is 5.69 Å². The van der Waals surface area contributed by atoms with E-state index in [1.165, 1.54) is 19.3 Å². The topological polar surface area (TPSA) is 50.2 Å². The van der Waals surface area contributed by atoms with E-state index in [-0.39, 0.29) is 5.56 Å². The van der Waals surface area contributed by atoms with Crippen molar-refractivity contribution in [3.05, 3.63) is 22.6 Å². The Balaban J connectivity index is 2.07. The molecule has 5 nitrogen and oxygen atoms in total. The molecule has 1 unspecified atom stereocenters. The Morgan fingerprint density at radius 3 is 2.65 bits per heavy atom. The average Bonchev–Trinajstić information content (AvgIpc) is 2.49. The van der Waals surface area contributed by atoms with Crippen LogP contribution in [-0.4, -0.2) is 35.5 Å². The standard InChI is InChI=1S/C15H26N4O/c1-3-13(16-4-2)12-19-15(20)10-14(11-17-19)18-8-6-5-7-9-18/h10-11,13,16H,3-9,12H2,1-2H3. The van der Waals surface area contributed by atoms with Gasteiger partial charge in [0.05, 0.1) is 18.4 Å². The normalized spacial score (nSPS) is 17.2. The van der Waals surface area contributed by atoms with Crippen molar-refractivity contribution < 1.29 is 0 Å². The first kappa shape index (κ1) is 15.0. The summed E-state index contributed by atoms with van der Waals surface area (Å²) >= 11 is 0. The quantitative estimate of drug-likeness (QED) is 0.859. The van der Waals surface area contributed by atoms with Crippen molar-refractivity contribution >= 4 is 5.69 Å². The number of hydrogen-bond donors (Lipinski definition) is 1. The lowest BCUT2D eigenvalue weighted by Gasteiger charge is -2.28. The van der Waals surface area contributed by atoms with Crippen molar-refractivity contribution in [2.24, 2.45) is 0 Å². The molecular weight excluding hydrogens is 252 g/mol. The summed E-state index contributed by atoms with van der Waals surface area (Å²) in [7, 11) is 0. The summed E-state index contributed by atoms with van der Waals surface area (Å²) in [5, 5.41) is 7.72. The van der Waals surface area contributed by atoms with Crippen LogP contribution in [0.15, 0.2) is 17.1 Å². The molecule has 0 amide bonds. The summed E-state index contributed by atoms with van der Waals surface area (Å²) in [6.07, 6.45) is 6.55. The number of hydrogen-bond acceptors (Lipinski definition) is 4. The molecule has 112 valence electrons. The highest BCUT2D eigenvalue weighted by molar-refractivity contribution is 5.43. The predicted octanol–water partition coefficient (Wildman–Crippen LogP) is 1.62. The van der Waals surface area contributed by atoms with Crippen molar-refractivity contribution in [1.82, 2.24) is 15.1 Å². The molecule has 0 aliphatic carbocycles. The van der Waals surface area contributed by atoms with Gasteiger partial charge in [-0.25, -0.2) is 4.68 Å². The van der Waals surface area contributed by atoms with Crippen LogP contribution in [-0.2, 0) is 6.54 Å². The SMILES string of the molecule is CCNC(CC)Cn1ncc(N2CCCCC2)cc1=O. The van der Waals surface area contributed by atoms with Gasteiger partial charge in [-0.15, -0.1) is 0 Å². The molecule has 2 heterocycles. The molecule has 1 saturated heterocycles. The molecule has 0 radical (unpaired) electrons. The van der Waals surface area contributed by atoms with Crippen LogP contribution in [0, 0.1) is 0 Å². The molecule has 1 aromatic rings. The number of nitrogens with zero attached hydrogens (tertiary/aromatic N) is 3. The second kappa shape index (κ2) is 7.43. The van der Waals surface area contributed by atoms with Crippen LogP contribution in [0.1, 0.15) is 39.5 Å². The van der Waals surface area contributed by atoms with E-state index in [0.717, 1.165) is 31.7 Å². The van der Waals surface area contributed by atoms with Crippen molar-refractivity contribution in [1.29, 1.82) is 0 Å². The molecule has 5 heteroatoms. The fourth-order valence-electron chi connectivity index (χ4n) is 2.72. The molecule has 2 rings (SSSR count). The number of anilines is 1. The van der Waals surface area contributed by atoms with Crippen LogP contribution in [0.25, 0.3) is 0 Å². The molecule has 1 aliphatic rings. The van der Waals surface area contributed by atoms with Gasteiger partial charge >= 0.3 is 0 Å². The van der Waals surface area contributed by atoms with Crippen LogP contribution in [0.2, 0.25) is 0 Å². The Morgan fingerprint density at radius 2 is 2.05 bits per heavy atom. The number of aromatic nitrogens is 2. The summed E-state index contributed by atoms with van der Waals surface area (Å²) in [4.78, 5) is 14.5. The molecule has 0 spiro atoms. The first-order chi connectivity index (χ1) is 9.74. The smallest absolute Gasteiger partial charge is 0.268 e. The van der Waals surface area contributed by atoms with E-state index < -0.39 is 0 Å². The summed E-state index contributed by atoms with van der Waals surface area (Å²) < 4.78 is 1.57. The fraction of sp³-hybridized carbons (Fsp3) is 0.733. The Bertz CT molecular complexity index is 465. The minimum absolute atomic E-state index is 0.00410. The van der Waals surface area contributed by atoms with Crippen LogP contribution in [0.5, 0.6) is 0 Å². The maximum Gasteiger partial charge on any atom is 0.268 e. The minimum atomic E-state index is 0.00410. The van der Waals surface area contributed by atoms with E-state index in [9.17, 15) is 4.79 Å². The largest absolute Gasteiger partial charge is 0.370 e. The summed E-state index contributed by atoms with van der Waals surface area (Å²) in [6, 6.07) is 2.04. The highest BCUT2D eigenvalue weighted by Crippen LogP contribution is 2.16. The molecule has 0 aromatic carbocycles. The van der Waals surface area contributed by atoms with E-state index in [1.54, 1.807) is 10.7 Å². The molecule has 20 heavy (non-hydrogen) atoms. The Morgan fingerprint density at radius 1 is 1.30 bits per heavy atom. The predicted molar refractivity (Wildman–Crippen MR) is 82.3 cm³/mol. The number of rotatable bonds is 6. The third kappa shape index (κ3) is 3.82. The monoisotopic (exact) mass is 278 g/mol. The average molecular weight is 278 g/mol. The Labute approximate surface area is 121 Å². The molecule has 1 atom stereocenters. The lowest BCUT2D eigenvalue weighted by atomic mass is 10.1. The van der Waals surface area contributed by atoms with Gasteiger partial charge in [0.25, 0.3) is 5.56 Å². The zero-order chi connectivity index (χ0) is 14.4. The van der Waals surface area contributed by atoms with Gasteiger partial charge in [-0.3, -0.25) is 4.79 Å². The Kier molecular flexibility index (Phi) is 5.59. The lowest BCUT2D eigenvalue weighted by molar-refractivity contribution is 0.412. The molecular formula is C15H26N4O. The van der Waals surface area contributed by atoms with Gasteiger partial charge in [-0.2, -0.15) is 5.10 Å². The van der Waals surface area contributed by atoms with Gasteiger partial charge in [0.1, 0.15) is 0 Å². The van der Waals surface area contributed by atoms with E-state index in [0.29, 0.717) is 12.6 Å². The van der Waals surface area contributed by atoms with Gasteiger partial charge in [0, 0.05) is 25.2 Å². The van der Waals surface area contributed by atoms with Crippen LogP contribution in [0.3, 0.4) is 0 Å². The minimum Gasteiger partial charge on any atom is -0.370 e. The van der Waals surface area contributed by atoms with E-state index in [1.807, 2.05) is 6.20 Å². The molecule has 1 aromatic heterocycles. The third-order valence-corrected chi connectivity index (χ3v) is 3.96. The highest BCUT2D eigenvalue weighted by Gasteiger charge is 2.13. The Hall–Kier alpha value is -1.36. The van der Waals surface area contributed by atoms with Crippen LogP contribution >= 0.6 is 0 Å². The maximum absolute atomic E-state index is 12.2. The second-order valence-electron chi connectivity index (χ2n) is 5.44. The molecule has 0 bridgehead atoms. The number of likely N-dealkylation sites (N-methyl/N-ethyl adjacent to an activating group) is 1. The van der Waals surface area contributed by atoms with Crippen molar-refractivity contribution in [2.75, 3.05) is 24.5 Å². The summed E-state index contributed by atoms with van der Waals surface area (Å²) in [6.45, 7) is 7.85. The zero-order valence-corrected chi connectivity index (χ0v) is 12.6. The van der Waals surface area contributed by atoms with Gasteiger partial charge in [0.15, 0.2) is 0 Å². The van der Waals surface area contributed by atoms with Crippen molar-refractivity contribution in [2.45, 2.75) is 52.1 Å². The first-order valence-corrected chi connectivity index (χ1v) is 7.80. The van der Waals surface area contributed by atoms with E-state index in [2.05, 4.69) is 29.2 Å². The molecule has 0 saturated carbocycles. The molecule has 1 fully saturated rings. The van der Waals surface area contributed by atoms with E-state index >= 15 is 0 Å². The number of piperidine rings is 1. The lowest BCUT2D eigenvalue weighted by Crippen LogP contribution is -2.38. The molecule has 1 aliphatic heterocycles. The summed E-state index contributed by atoms with van der Waals surface area (Å²) in [5.41, 5.74) is 0.979. The van der Waals surface area contributed by atoms with Crippen molar-refractivity contribution in [3.8, 4) is 0 Å².